The second-order valence-electron chi connectivity index (χ2n) is 6.64. The summed E-state index contributed by atoms with van der Waals surface area (Å²) in [4.78, 5) is 27.5. The summed E-state index contributed by atoms with van der Waals surface area (Å²) in [5.74, 6) is -1.99. The molecule has 0 fully saturated rings. The van der Waals surface area contributed by atoms with E-state index in [-0.39, 0.29) is 73.7 Å². The van der Waals surface area contributed by atoms with Crippen molar-refractivity contribution in [3.05, 3.63) is 0 Å². The zero-order chi connectivity index (χ0) is 21.2. The van der Waals surface area contributed by atoms with Crippen molar-refractivity contribution in [3.63, 3.8) is 0 Å². The number of carboxylic acids is 2. The van der Waals surface area contributed by atoms with Crippen molar-refractivity contribution in [1.82, 2.24) is 0 Å². The van der Waals surface area contributed by atoms with Crippen molar-refractivity contribution < 1.29 is 58.8 Å². The van der Waals surface area contributed by atoms with Gasteiger partial charge in [0.25, 0.3) is 0 Å². The molecule has 0 amide bonds. The second kappa shape index (κ2) is 39.7. The van der Waals surface area contributed by atoms with Crippen molar-refractivity contribution in [3.8, 4) is 0 Å². The van der Waals surface area contributed by atoms with Crippen LogP contribution in [0.1, 0.15) is 117 Å². The van der Waals surface area contributed by atoms with Crippen molar-refractivity contribution in [2.75, 3.05) is 0 Å². The molecule has 0 heterocycles. The van der Waals surface area contributed by atoms with E-state index in [0.29, 0.717) is 0 Å². The molecule has 0 unspecified atom stereocenters. The maximum absolute atomic E-state index is 10.2. The molecule has 29 heavy (non-hydrogen) atoms. The van der Waals surface area contributed by atoms with E-state index < -0.39 is 20.6 Å². The van der Waals surface area contributed by atoms with Gasteiger partial charge in [-0.15, -0.1) is 0 Å². The third-order valence-corrected chi connectivity index (χ3v) is 3.98. The Morgan fingerprint density at radius 3 is 1.10 bits per heavy atom. The van der Waals surface area contributed by atoms with Crippen LogP contribution in [0.5, 0.6) is 0 Å². The molecule has 162 valence electrons. The predicted molar refractivity (Wildman–Crippen MR) is 109 cm³/mol. The van der Waals surface area contributed by atoms with Gasteiger partial charge in [0.15, 0.2) is 0 Å². The molecule has 0 aliphatic heterocycles. The largest absolute Gasteiger partial charge is 2.00 e. The monoisotopic (exact) mass is 468 g/mol. The first-order valence-electron chi connectivity index (χ1n) is 10.2. The van der Waals surface area contributed by atoms with Crippen molar-refractivity contribution in [2.45, 2.75) is 117 Å². The number of aliphatic carboxylic acids is 2. The minimum atomic E-state index is -1.08. The Bertz CT molecular complexity index is 332. The second-order valence-corrected chi connectivity index (χ2v) is 6.79. The summed E-state index contributed by atoms with van der Waals surface area (Å²) in [5, 5.41) is 19.1. The molecule has 0 aliphatic rings. The van der Waals surface area contributed by atoms with Crippen LogP contribution in [0.25, 0.3) is 0 Å². The summed E-state index contributed by atoms with van der Waals surface area (Å²) in [6.45, 7) is 3.24. The fourth-order valence-corrected chi connectivity index (χ4v) is 2.64. The molecule has 0 radical (unpaired) electrons. The van der Waals surface area contributed by atoms with E-state index in [2.05, 4.69) is 6.92 Å². The number of carbonyl (C=O) groups is 2. The van der Waals surface area contributed by atoms with Gasteiger partial charge in [-0.3, -0.25) is 4.57 Å². The van der Waals surface area contributed by atoms with Gasteiger partial charge in [-0.2, -0.15) is 0 Å². The van der Waals surface area contributed by atoms with Crippen LogP contribution in [0.2, 0.25) is 0 Å². The van der Waals surface area contributed by atoms with Gasteiger partial charge in [0, 0.05) is 11.9 Å². The van der Waals surface area contributed by atoms with E-state index in [1.165, 1.54) is 83.5 Å². The Morgan fingerprint density at radius 2 is 0.897 bits per heavy atom. The Kier molecular flexibility index (Phi) is 55.6. The molecular weight excluding hydrogens is 430 g/mol. The summed E-state index contributed by atoms with van der Waals surface area (Å²) in [5.41, 5.74) is 0. The average molecular weight is 469 g/mol. The van der Waals surface area contributed by atoms with E-state index in [4.69, 9.17) is 19.4 Å². The Morgan fingerprint density at radius 1 is 0.690 bits per heavy atom. The molecule has 0 rings (SSSR count). The maximum Gasteiger partial charge on any atom is 2.00 e. The molecule has 0 aromatic rings. The molecule has 0 aromatic heterocycles. The van der Waals surface area contributed by atoms with Crippen molar-refractivity contribution in [1.29, 1.82) is 0 Å². The van der Waals surface area contributed by atoms with Gasteiger partial charge in [0.2, 0.25) is 0 Å². The van der Waals surface area contributed by atoms with Crippen LogP contribution in [0, 0.1) is 0 Å². The summed E-state index contributed by atoms with van der Waals surface area (Å²) in [7, 11) is -1.08. The zero-order valence-electron chi connectivity index (χ0n) is 18.9. The van der Waals surface area contributed by atoms with E-state index in [1.54, 1.807) is 0 Å². The smallest absolute Gasteiger partial charge is 0.772 e. The quantitative estimate of drug-likeness (QED) is 0.178. The van der Waals surface area contributed by atoms with Crippen LogP contribution in [-0.2, 0) is 14.2 Å². The first-order valence-corrected chi connectivity index (χ1v) is 11.0. The molecule has 6 nitrogen and oxygen atoms in total. The molecule has 0 saturated carbocycles. The van der Waals surface area contributed by atoms with Gasteiger partial charge < -0.3 is 24.7 Å². The van der Waals surface area contributed by atoms with Gasteiger partial charge in [0.05, 0.1) is 8.69 Å². The molecule has 0 aliphatic carbocycles. The minimum absolute atomic E-state index is 0. The normalized spacial score (nSPS) is 9.07. The van der Waals surface area contributed by atoms with Crippen LogP contribution in [0.4, 0.5) is 0 Å². The van der Waals surface area contributed by atoms with E-state index in [9.17, 15) is 9.90 Å². The molecule has 0 aromatic carbocycles. The third kappa shape index (κ3) is 65.2. The molecule has 0 bridgehead atoms. The van der Waals surface area contributed by atoms with Gasteiger partial charge in [-0.1, -0.05) is 96.8 Å². The first-order chi connectivity index (χ1) is 12.9. The standard InChI is InChI=1S/C18H36O2.C2H4O2.Ca.Na.HO2P/c1-2-3-4-5-6-7-8-9-10-11-12-13-14-15-16-17-18(19)20;1-2(3)4;;;1-3-2/h2-17H2,1H3,(H,19,20);1H3,(H,3,4);;;(H,1,2)/q;;+2;+1;/p-3. The SMILES string of the molecule is CC(=O)[O-].CCCCCCCCCCCCCCCCCC(=O)[O-].O=P[O-].[Ca+2].[Na+]. The van der Waals surface area contributed by atoms with Crippen LogP contribution in [0.3, 0.4) is 0 Å². The fraction of sp³-hybridized carbons (Fsp3) is 0.900. The Hall–Kier alpha value is 1.26. The summed E-state index contributed by atoms with van der Waals surface area (Å²) < 4.78 is 8.35. The van der Waals surface area contributed by atoms with Crippen molar-refractivity contribution >= 4 is 58.4 Å². The number of unbranched alkanes of at least 4 members (excludes halogenated alkanes) is 14. The first kappa shape index (κ1) is 40.6. The predicted octanol–water partition coefficient (Wildman–Crippen LogP) is -0.0694. The fourth-order valence-electron chi connectivity index (χ4n) is 2.64. The van der Waals surface area contributed by atoms with Gasteiger partial charge in [0.1, 0.15) is 0 Å². The van der Waals surface area contributed by atoms with E-state index in [0.717, 1.165) is 19.8 Å². The maximum atomic E-state index is 10.2. The van der Waals surface area contributed by atoms with Gasteiger partial charge in [-0.05, 0) is 19.8 Å². The van der Waals surface area contributed by atoms with Crippen LogP contribution in [-0.4, -0.2) is 49.7 Å². The molecule has 0 saturated heterocycles. The minimum Gasteiger partial charge on any atom is -0.772 e. The number of carboxylic acid groups (broad SMARTS) is 2. The van der Waals surface area contributed by atoms with Crippen LogP contribution >= 0.6 is 8.69 Å². The molecule has 9 heteroatoms. The molecule has 0 spiro atoms. The van der Waals surface area contributed by atoms with Gasteiger partial charge in [-0.25, -0.2) is 0 Å². The third-order valence-electron chi connectivity index (χ3n) is 3.98. The molecular formula is C20H38CaNaO6P. The summed E-state index contributed by atoms with van der Waals surface area (Å²) >= 11 is 0. The van der Waals surface area contributed by atoms with Crippen LogP contribution < -0.4 is 44.7 Å². The number of carbonyl (C=O) groups excluding carboxylic acids is 2. The summed E-state index contributed by atoms with van der Waals surface area (Å²) in [6.07, 6.45) is 19.9. The zero-order valence-corrected chi connectivity index (χ0v) is 24.0. The number of hydrogen-bond acceptors (Lipinski definition) is 6. The topological polar surface area (TPSA) is 120 Å². The molecule has 0 N–H and O–H groups in total. The van der Waals surface area contributed by atoms with Gasteiger partial charge >= 0.3 is 67.3 Å². The molecule has 0 atom stereocenters. The van der Waals surface area contributed by atoms with E-state index in [1.807, 2.05) is 0 Å². The Balaban J connectivity index is -0.000000185. The van der Waals surface area contributed by atoms with Crippen LogP contribution in [0.15, 0.2) is 0 Å². The Labute approximate surface area is 231 Å². The van der Waals surface area contributed by atoms with Crippen molar-refractivity contribution in [2.24, 2.45) is 0 Å². The number of rotatable bonds is 16. The summed E-state index contributed by atoms with van der Waals surface area (Å²) in [6, 6.07) is 0. The average Bonchev–Trinajstić information content (AvgIpc) is 2.58. The number of hydrogen-bond donors (Lipinski definition) is 0. The van der Waals surface area contributed by atoms with E-state index >= 15 is 0 Å².